The number of carbonyl (C=O) groups excluding carboxylic acids is 1. The van der Waals surface area contributed by atoms with E-state index in [0.29, 0.717) is 31.2 Å². The summed E-state index contributed by atoms with van der Waals surface area (Å²) >= 11 is 0. The predicted octanol–water partition coefficient (Wildman–Crippen LogP) is 4.04. The van der Waals surface area contributed by atoms with Crippen LogP contribution in [-0.4, -0.2) is 53.6 Å². The first-order chi connectivity index (χ1) is 16.0. The van der Waals surface area contributed by atoms with Crippen molar-refractivity contribution in [3.05, 3.63) is 66.3 Å². The van der Waals surface area contributed by atoms with Crippen molar-refractivity contribution in [1.29, 1.82) is 0 Å². The van der Waals surface area contributed by atoms with Crippen molar-refractivity contribution in [2.24, 2.45) is 7.05 Å². The number of oxazole rings is 1. The minimum Gasteiger partial charge on any atom is -0.496 e. The van der Waals surface area contributed by atoms with E-state index in [1.807, 2.05) is 43.1 Å². The number of hydrogen-bond donors (Lipinski definition) is 0. The Bertz CT molecular complexity index is 1300. The average Bonchev–Trinajstić information content (AvgIpc) is 3.42. The molecule has 5 rings (SSSR count). The molecule has 4 aromatic rings. The van der Waals surface area contributed by atoms with Gasteiger partial charge in [0.2, 0.25) is 5.91 Å². The molecule has 7 heteroatoms. The summed E-state index contributed by atoms with van der Waals surface area (Å²) in [6.45, 7) is 4.80. The second kappa shape index (κ2) is 8.65. The van der Waals surface area contributed by atoms with E-state index >= 15 is 0 Å². The summed E-state index contributed by atoms with van der Waals surface area (Å²) in [7, 11) is 3.69. The first-order valence-electron chi connectivity index (χ1n) is 11.2. The zero-order chi connectivity index (χ0) is 22.9. The van der Waals surface area contributed by atoms with Crippen molar-refractivity contribution in [1.82, 2.24) is 14.5 Å². The van der Waals surface area contributed by atoms with E-state index in [4.69, 9.17) is 9.15 Å². The van der Waals surface area contributed by atoms with E-state index in [1.54, 1.807) is 13.3 Å². The van der Waals surface area contributed by atoms with Gasteiger partial charge in [-0.25, -0.2) is 4.98 Å². The Morgan fingerprint density at radius 1 is 1.12 bits per heavy atom. The molecule has 1 amide bonds. The van der Waals surface area contributed by atoms with Gasteiger partial charge in [-0.15, -0.1) is 0 Å². The fraction of sp³-hybridized carbons (Fsp3) is 0.308. The monoisotopic (exact) mass is 444 g/mol. The van der Waals surface area contributed by atoms with Crippen LogP contribution in [-0.2, 0) is 18.3 Å². The van der Waals surface area contributed by atoms with Crippen LogP contribution in [0, 0.1) is 6.92 Å². The molecule has 0 unspecified atom stereocenters. The second-order valence-electron chi connectivity index (χ2n) is 8.46. The van der Waals surface area contributed by atoms with E-state index < -0.39 is 0 Å². The van der Waals surface area contributed by atoms with Crippen LogP contribution >= 0.6 is 0 Å². The number of anilines is 1. The topological polar surface area (TPSA) is 63.7 Å². The molecule has 0 N–H and O–H groups in total. The lowest BCUT2D eigenvalue weighted by Crippen LogP contribution is -2.49. The van der Waals surface area contributed by atoms with Gasteiger partial charge in [-0.05, 0) is 23.8 Å². The van der Waals surface area contributed by atoms with Gasteiger partial charge in [-0.3, -0.25) is 4.79 Å². The summed E-state index contributed by atoms with van der Waals surface area (Å²) in [6.07, 6.45) is 4.22. The van der Waals surface area contributed by atoms with Crippen LogP contribution in [0.5, 0.6) is 5.75 Å². The highest BCUT2D eigenvalue weighted by molar-refractivity contribution is 5.89. The number of ether oxygens (including phenoxy) is 1. The molecule has 0 radical (unpaired) electrons. The minimum atomic E-state index is 0.180. The molecule has 170 valence electrons. The number of carbonyl (C=O) groups is 1. The largest absolute Gasteiger partial charge is 0.496 e. The highest BCUT2D eigenvalue weighted by atomic mass is 16.5. The molecule has 0 atom stereocenters. The lowest BCUT2D eigenvalue weighted by Gasteiger charge is -2.36. The SMILES string of the molecule is COc1cc(N2CCN(C(=O)Cc3cn(C)c4ccccc34)CC2)ccc1-c1cnc(C)o1. The number of benzene rings is 2. The summed E-state index contributed by atoms with van der Waals surface area (Å²) in [6, 6.07) is 14.3. The van der Waals surface area contributed by atoms with Crippen LogP contribution in [0.15, 0.2) is 59.3 Å². The van der Waals surface area contributed by atoms with Gasteiger partial charge >= 0.3 is 0 Å². The summed E-state index contributed by atoms with van der Waals surface area (Å²) in [5.74, 6) is 2.25. The zero-order valence-electron chi connectivity index (χ0n) is 19.2. The molecule has 33 heavy (non-hydrogen) atoms. The van der Waals surface area contributed by atoms with Gasteiger partial charge < -0.3 is 23.5 Å². The number of aryl methyl sites for hydroxylation is 2. The molecule has 0 bridgehead atoms. The minimum absolute atomic E-state index is 0.180. The van der Waals surface area contributed by atoms with Crippen LogP contribution in [0.2, 0.25) is 0 Å². The van der Waals surface area contributed by atoms with Gasteiger partial charge in [0.1, 0.15) is 5.75 Å². The van der Waals surface area contributed by atoms with E-state index in [0.717, 1.165) is 46.6 Å². The van der Waals surface area contributed by atoms with Crippen molar-refractivity contribution in [2.45, 2.75) is 13.3 Å². The number of methoxy groups -OCH3 is 1. The van der Waals surface area contributed by atoms with Crippen molar-refractivity contribution in [3.63, 3.8) is 0 Å². The van der Waals surface area contributed by atoms with Gasteiger partial charge in [-0.1, -0.05) is 18.2 Å². The van der Waals surface area contributed by atoms with Crippen LogP contribution in [0.3, 0.4) is 0 Å². The number of amides is 1. The molecule has 2 aromatic carbocycles. The Kier molecular flexibility index (Phi) is 5.54. The Morgan fingerprint density at radius 3 is 2.64 bits per heavy atom. The number of rotatable bonds is 5. The third kappa shape index (κ3) is 4.06. The average molecular weight is 445 g/mol. The van der Waals surface area contributed by atoms with E-state index in [-0.39, 0.29) is 5.91 Å². The molecule has 1 aliphatic heterocycles. The Labute approximate surface area is 193 Å². The molecular weight excluding hydrogens is 416 g/mol. The maximum absolute atomic E-state index is 13.0. The number of piperazine rings is 1. The molecule has 0 spiro atoms. The van der Waals surface area contributed by atoms with E-state index in [9.17, 15) is 4.79 Å². The molecule has 0 aliphatic carbocycles. The van der Waals surface area contributed by atoms with Gasteiger partial charge in [0.05, 0.1) is 25.3 Å². The lowest BCUT2D eigenvalue weighted by molar-refractivity contribution is -0.130. The van der Waals surface area contributed by atoms with Gasteiger partial charge in [-0.2, -0.15) is 0 Å². The number of hydrogen-bond acceptors (Lipinski definition) is 5. The molecule has 0 saturated carbocycles. The van der Waals surface area contributed by atoms with E-state index in [2.05, 4.69) is 38.8 Å². The quantitative estimate of drug-likeness (QED) is 0.465. The summed E-state index contributed by atoms with van der Waals surface area (Å²) < 4.78 is 13.4. The van der Waals surface area contributed by atoms with Crippen LogP contribution in [0.25, 0.3) is 22.2 Å². The van der Waals surface area contributed by atoms with Crippen molar-refractivity contribution < 1.29 is 13.9 Å². The zero-order valence-corrected chi connectivity index (χ0v) is 19.2. The number of aromatic nitrogens is 2. The predicted molar refractivity (Wildman–Crippen MR) is 129 cm³/mol. The number of para-hydroxylation sites is 1. The molecular formula is C26H28N4O3. The van der Waals surface area contributed by atoms with E-state index in [1.165, 1.54) is 0 Å². The Morgan fingerprint density at radius 2 is 1.91 bits per heavy atom. The summed E-state index contributed by atoms with van der Waals surface area (Å²) in [5, 5.41) is 1.15. The van der Waals surface area contributed by atoms with Crippen molar-refractivity contribution >= 4 is 22.5 Å². The fourth-order valence-electron chi connectivity index (χ4n) is 4.62. The molecule has 3 heterocycles. The Hall–Kier alpha value is -3.74. The lowest BCUT2D eigenvalue weighted by atomic mass is 10.1. The van der Waals surface area contributed by atoms with Gasteiger partial charge in [0, 0.05) is 69.0 Å². The first-order valence-corrected chi connectivity index (χ1v) is 11.2. The van der Waals surface area contributed by atoms with Gasteiger partial charge in [0.15, 0.2) is 11.7 Å². The third-order valence-electron chi connectivity index (χ3n) is 6.39. The van der Waals surface area contributed by atoms with Gasteiger partial charge in [0.25, 0.3) is 0 Å². The van der Waals surface area contributed by atoms with Crippen LogP contribution < -0.4 is 9.64 Å². The van der Waals surface area contributed by atoms with Crippen LogP contribution in [0.1, 0.15) is 11.5 Å². The standard InChI is InChI=1S/C26H28N4O3/c1-18-27-16-25(33-18)22-9-8-20(15-24(22)32-3)29-10-12-30(13-11-29)26(31)14-19-17-28(2)23-7-5-4-6-21(19)23/h4-9,15-17H,10-14H2,1-3H3. The highest BCUT2D eigenvalue weighted by Crippen LogP contribution is 2.34. The molecule has 1 fully saturated rings. The summed E-state index contributed by atoms with van der Waals surface area (Å²) in [4.78, 5) is 21.5. The number of nitrogens with zero attached hydrogens (tertiary/aromatic N) is 4. The molecule has 1 aliphatic rings. The fourth-order valence-corrected chi connectivity index (χ4v) is 4.62. The van der Waals surface area contributed by atoms with Crippen LogP contribution in [0.4, 0.5) is 5.69 Å². The molecule has 1 saturated heterocycles. The van der Waals surface area contributed by atoms with Crippen molar-refractivity contribution in [3.8, 4) is 17.1 Å². The maximum Gasteiger partial charge on any atom is 0.227 e. The number of fused-ring (bicyclic) bond motifs is 1. The Balaban J connectivity index is 1.25. The second-order valence-corrected chi connectivity index (χ2v) is 8.46. The third-order valence-corrected chi connectivity index (χ3v) is 6.39. The maximum atomic E-state index is 13.0. The first kappa shape index (κ1) is 21.1. The smallest absolute Gasteiger partial charge is 0.227 e. The van der Waals surface area contributed by atoms with Crippen molar-refractivity contribution in [2.75, 3.05) is 38.2 Å². The normalized spacial score (nSPS) is 14.2. The summed E-state index contributed by atoms with van der Waals surface area (Å²) in [5.41, 5.74) is 4.20. The molecule has 2 aromatic heterocycles. The molecule has 7 nitrogen and oxygen atoms in total. The highest BCUT2D eigenvalue weighted by Gasteiger charge is 2.23.